The molecule has 3 nitrogen and oxygen atoms in total. The zero-order chi connectivity index (χ0) is 11.8. The van der Waals surface area contributed by atoms with Crippen molar-refractivity contribution in [2.45, 2.75) is 6.42 Å². The van der Waals surface area contributed by atoms with Crippen LogP contribution in [-0.4, -0.2) is 16.8 Å². The molecule has 0 atom stereocenters. The van der Waals surface area contributed by atoms with Gasteiger partial charge in [0, 0.05) is 17.5 Å². The number of halogens is 1. The van der Waals surface area contributed by atoms with Gasteiger partial charge in [-0.1, -0.05) is 42.0 Å². The number of nitrogens with one attached hydrogen (secondary N) is 1. The van der Waals surface area contributed by atoms with Gasteiger partial charge in [0.2, 0.25) is 0 Å². The van der Waals surface area contributed by atoms with Crippen LogP contribution in [0.2, 0.25) is 5.15 Å². The average molecular weight is 265 g/mol. The molecule has 0 saturated heterocycles. The first-order valence-corrected chi connectivity index (χ1v) is 6.04. The van der Waals surface area contributed by atoms with E-state index in [9.17, 15) is 0 Å². The maximum Gasteiger partial charge on any atom is 0.150 e. The second-order valence-electron chi connectivity index (χ2n) is 3.83. The highest BCUT2D eigenvalue weighted by molar-refractivity contribution is 7.71. The van der Waals surface area contributed by atoms with Crippen molar-refractivity contribution in [1.29, 1.82) is 0 Å². The van der Waals surface area contributed by atoms with Crippen molar-refractivity contribution in [1.82, 2.24) is 10.2 Å². The minimum absolute atomic E-state index is 0.393. The molecule has 0 aliphatic carbocycles. The monoisotopic (exact) mass is 264 g/mol. The van der Waals surface area contributed by atoms with Crippen LogP contribution < -0.4 is 4.74 Å². The summed E-state index contributed by atoms with van der Waals surface area (Å²) in [4.78, 5) is 0. The molecular weight excluding hydrogens is 256 g/mol. The molecular formula is C12H9ClN2OS. The summed E-state index contributed by atoms with van der Waals surface area (Å²) in [5.74, 6) is 0.911. The van der Waals surface area contributed by atoms with Crippen LogP contribution in [0.3, 0.4) is 0 Å². The second kappa shape index (κ2) is 4.13. The number of hydrogen-bond acceptors (Lipinski definition) is 3. The summed E-state index contributed by atoms with van der Waals surface area (Å²) in [6, 6.07) is 7.82. The lowest BCUT2D eigenvalue weighted by Crippen LogP contribution is -1.91. The third-order valence-corrected chi connectivity index (χ3v) is 3.28. The number of ether oxygens (including phenoxy) is 1. The van der Waals surface area contributed by atoms with Crippen LogP contribution in [0.1, 0.15) is 5.56 Å². The fourth-order valence-electron chi connectivity index (χ4n) is 2.01. The highest BCUT2D eigenvalue weighted by Gasteiger charge is 2.17. The van der Waals surface area contributed by atoms with Crippen molar-refractivity contribution >= 4 is 23.8 Å². The van der Waals surface area contributed by atoms with Crippen LogP contribution >= 0.6 is 23.8 Å². The Bertz CT molecular complexity index is 639. The molecule has 0 bridgehead atoms. The van der Waals surface area contributed by atoms with Gasteiger partial charge in [-0.25, -0.2) is 0 Å². The molecule has 1 aliphatic rings. The van der Waals surface area contributed by atoms with E-state index >= 15 is 0 Å². The smallest absolute Gasteiger partial charge is 0.150 e. The van der Waals surface area contributed by atoms with Crippen LogP contribution in [0.4, 0.5) is 0 Å². The number of aromatic amines is 1. The number of H-pyrrole nitrogens is 1. The number of rotatable bonds is 1. The quantitative estimate of drug-likeness (QED) is 0.803. The van der Waals surface area contributed by atoms with Gasteiger partial charge in [0.1, 0.15) is 15.5 Å². The van der Waals surface area contributed by atoms with E-state index in [1.165, 1.54) is 5.56 Å². The topological polar surface area (TPSA) is 37.9 Å². The molecule has 0 radical (unpaired) electrons. The third kappa shape index (κ3) is 1.83. The largest absolute Gasteiger partial charge is 0.492 e. The molecule has 3 rings (SSSR count). The molecule has 2 heterocycles. The van der Waals surface area contributed by atoms with E-state index in [0.717, 1.165) is 29.9 Å². The van der Waals surface area contributed by atoms with Gasteiger partial charge in [-0.2, -0.15) is 5.10 Å². The molecule has 0 amide bonds. The van der Waals surface area contributed by atoms with E-state index in [1.807, 2.05) is 12.1 Å². The Kier molecular flexibility index (Phi) is 2.61. The highest BCUT2D eigenvalue weighted by Crippen LogP contribution is 2.37. The molecule has 1 aromatic carbocycles. The fraction of sp³-hybridized carbons (Fsp3) is 0.167. The van der Waals surface area contributed by atoms with Crippen LogP contribution in [0.15, 0.2) is 24.3 Å². The Morgan fingerprint density at radius 3 is 3.12 bits per heavy atom. The number of nitrogens with zero attached hydrogens (tertiary/aromatic N) is 1. The molecule has 2 aromatic rings. The highest BCUT2D eigenvalue weighted by atomic mass is 35.5. The Morgan fingerprint density at radius 1 is 1.35 bits per heavy atom. The molecule has 1 N–H and O–H groups in total. The molecule has 1 aliphatic heterocycles. The standard InChI is InChI=1S/C12H9ClN2OS/c13-10-6-9(12(17)15-14-10)8-3-1-2-7-4-5-16-11(7)8/h1-3,6H,4-5H2,(H,15,17). The molecule has 0 saturated carbocycles. The zero-order valence-corrected chi connectivity index (χ0v) is 10.4. The first kappa shape index (κ1) is 10.7. The number of aromatic nitrogens is 2. The fourth-order valence-corrected chi connectivity index (χ4v) is 2.37. The van der Waals surface area contributed by atoms with Gasteiger partial charge in [-0.05, 0) is 11.6 Å². The van der Waals surface area contributed by atoms with Gasteiger partial charge in [0.15, 0.2) is 0 Å². The Morgan fingerprint density at radius 2 is 2.24 bits per heavy atom. The van der Waals surface area contributed by atoms with E-state index < -0.39 is 0 Å². The van der Waals surface area contributed by atoms with Crippen LogP contribution in [0.5, 0.6) is 5.75 Å². The summed E-state index contributed by atoms with van der Waals surface area (Å²) in [5, 5.41) is 6.98. The first-order chi connectivity index (χ1) is 8.25. The normalized spacial score (nSPS) is 13.2. The minimum Gasteiger partial charge on any atom is -0.492 e. The first-order valence-electron chi connectivity index (χ1n) is 5.26. The molecule has 1 aromatic heterocycles. The van der Waals surface area contributed by atoms with Crippen LogP contribution in [-0.2, 0) is 6.42 Å². The average Bonchev–Trinajstić information content (AvgIpc) is 2.80. The maximum atomic E-state index is 5.89. The summed E-state index contributed by atoms with van der Waals surface area (Å²) >= 11 is 11.1. The van der Waals surface area contributed by atoms with E-state index in [-0.39, 0.29) is 0 Å². The van der Waals surface area contributed by atoms with Gasteiger partial charge < -0.3 is 4.74 Å². The number of hydrogen-bond donors (Lipinski definition) is 1. The summed E-state index contributed by atoms with van der Waals surface area (Å²) in [6.07, 6.45) is 0.943. The van der Waals surface area contributed by atoms with E-state index in [2.05, 4.69) is 16.3 Å². The predicted octanol–water partition coefficient (Wildman–Crippen LogP) is 3.39. The van der Waals surface area contributed by atoms with Gasteiger partial charge in [0.05, 0.1) is 6.61 Å². The molecule has 0 unspecified atom stereocenters. The Labute approximate surface area is 108 Å². The third-order valence-electron chi connectivity index (χ3n) is 2.78. The van der Waals surface area contributed by atoms with E-state index in [4.69, 9.17) is 28.6 Å². The Balaban J connectivity index is 2.26. The van der Waals surface area contributed by atoms with Crippen molar-refractivity contribution in [3.63, 3.8) is 0 Å². The van der Waals surface area contributed by atoms with Crippen molar-refractivity contribution in [2.24, 2.45) is 0 Å². The van der Waals surface area contributed by atoms with Crippen LogP contribution in [0.25, 0.3) is 11.1 Å². The SMILES string of the molecule is S=c1[nH]nc(Cl)cc1-c1cccc2c1OCC2. The lowest BCUT2D eigenvalue weighted by atomic mass is 10.0. The van der Waals surface area contributed by atoms with Crippen molar-refractivity contribution in [2.75, 3.05) is 6.61 Å². The summed E-state index contributed by atoms with van der Waals surface area (Å²) < 4.78 is 6.22. The minimum atomic E-state index is 0.393. The second-order valence-corrected chi connectivity index (χ2v) is 4.62. The van der Waals surface area contributed by atoms with Gasteiger partial charge in [-0.15, -0.1) is 0 Å². The van der Waals surface area contributed by atoms with E-state index in [0.29, 0.717) is 9.79 Å². The molecule has 86 valence electrons. The predicted molar refractivity (Wildman–Crippen MR) is 69.1 cm³/mol. The van der Waals surface area contributed by atoms with Crippen molar-refractivity contribution in [3.05, 3.63) is 39.6 Å². The molecule has 0 spiro atoms. The Hall–Kier alpha value is -1.39. The van der Waals surface area contributed by atoms with Crippen LogP contribution in [0, 0.1) is 4.64 Å². The molecule has 5 heteroatoms. The molecule has 0 fully saturated rings. The van der Waals surface area contributed by atoms with Gasteiger partial charge in [0.25, 0.3) is 0 Å². The zero-order valence-electron chi connectivity index (χ0n) is 8.87. The van der Waals surface area contributed by atoms with Gasteiger partial charge >= 0.3 is 0 Å². The lowest BCUT2D eigenvalue weighted by molar-refractivity contribution is 0.358. The number of para-hydroxylation sites is 1. The summed E-state index contributed by atoms with van der Waals surface area (Å²) in [5.41, 5.74) is 3.05. The van der Waals surface area contributed by atoms with Crippen molar-refractivity contribution < 1.29 is 4.74 Å². The van der Waals surface area contributed by atoms with E-state index in [1.54, 1.807) is 6.07 Å². The molecule has 17 heavy (non-hydrogen) atoms. The number of benzene rings is 1. The van der Waals surface area contributed by atoms with Gasteiger partial charge in [-0.3, -0.25) is 5.10 Å². The summed E-state index contributed by atoms with van der Waals surface area (Å²) in [7, 11) is 0. The lowest BCUT2D eigenvalue weighted by Gasteiger charge is -2.08. The van der Waals surface area contributed by atoms with Crippen molar-refractivity contribution in [3.8, 4) is 16.9 Å². The number of fused-ring (bicyclic) bond motifs is 1. The summed E-state index contributed by atoms with van der Waals surface area (Å²) in [6.45, 7) is 0.724. The maximum absolute atomic E-state index is 5.89.